The Morgan fingerprint density at radius 2 is 1.79 bits per heavy atom. The molecular weight excluding hydrogens is 326 g/mol. The molecule has 1 aliphatic rings. The van der Waals surface area contributed by atoms with Gasteiger partial charge in [0, 0.05) is 12.1 Å². The summed E-state index contributed by atoms with van der Waals surface area (Å²) in [5.41, 5.74) is 0. The van der Waals surface area contributed by atoms with E-state index >= 15 is 0 Å². The van der Waals surface area contributed by atoms with E-state index < -0.39 is 10.0 Å². The van der Waals surface area contributed by atoms with Crippen LogP contribution in [0.15, 0.2) is 23.1 Å². The van der Waals surface area contributed by atoms with Gasteiger partial charge in [0.1, 0.15) is 0 Å². The first-order valence-electron chi connectivity index (χ1n) is 8.52. The second-order valence-corrected chi connectivity index (χ2v) is 8.78. The molecule has 1 saturated carbocycles. The number of ether oxygens (including phenoxy) is 2. The fourth-order valence-corrected chi connectivity index (χ4v) is 4.90. The summed E-state index contributed by atoms with van der Waals surface area (Å²) in [6, 6.07) is 4.67. The molecule has 0 aromatic heterocycles. The standard InChI is InChI=1S/C18H29NO4S/c1-12(2)15-8-6-13(3)10-16(15)19-24(20,21)14-7-9-17(22-4)18(11-14)23-5/h7,9,11-13,15-16,19H,6,8,10H2,1-5H3/t13-,15+,16+/m0/s1. The van der Waals surface area contributed by atoms with E-state index in [0.717, 1.165) is 19.3 Å². The van der Waals surface area contributed by atoms with Gasteiger partial charge in [-0.3, -0.25) is 0 Å². The summed E-state index contributed by atoms with van der Waals surface area (Å²) in [6.07, 6.45) is 3.12. The van der Waals surface area contributed by atoms with Crippen molar-refractivity contribution in [1.82, 2.24) is 4.72 Å². The third-order valence-electron chi connectivity index (χ3n) is 4.99. The highest BCUT2D eigenvalue weighted by molar-refractivity contribution is 7.89. The zero-order valence-electron chi connectivity index (χ0n) is 15.2. The van der Waals surface area contributed by atoms with Gasteiger partial charge >= 0.3 is 0 Å². The fourth-order valence-electron chi connectivity index (χ4n) is 3.59. The van der Waals surface area contributed by atoms with Gasteiger partial charge in [0.25, 0.3) is 0 Å². The zero-order valence-corrected chi connectivity index (χ0v) is 16.0. The van der Waals surface area contributed by atoms with Gasteiger partial charge in [-0.2, -0.15) is 0 Å². The Morgan fingerprint density at radius 1 is 1.12 bits per heavy atom. The van der Waals surface area contributed by atoms with Gasteiger partial charge in [-0.15, -0.1) is 0 Å². The molecule has 1 aromatic rings. The van der Waals surface area contributed by atoms with Crippen molar-refractivity contribution < 1.29 is 17.9 Å². The Balaban J connectivity index is 2.26. The van der Waals surface area contributed by atoms with Gasteiger partial charge in [0.2, 0.25) is 10.0 Å². The molecule has 0 bridgehead atoms. The average molecular weight is 356 g/mol. The van der Waals surface area contributed by atoms with Crippen LogP contribution in [0.5, 0.6) is 11.5 Å². The largest absolute Gasteiger partial charge is 0.493 e. The molecule has 0 saturated heterocycles. The minimum absolute atomic E-state index is 0.0214. The van der Waals surface area contributed by atoms with Crippen molar-refractivity contribution in [2.45, 2.75) is 51.0 Å². The Hall–Kier alpha value is -1.27. The van der Waals surface area contributed by atoms with Gasteiger partial charge in [0.05, 0.1) is 19.1 Å². The van der Waals surface area contributed by atoms with Crippen LogP contribution in [-0.2, 0) is 10.0 Å². The van der Waals surface area contributed by atoms with Crippen LogP contribution in [0.3, 0.4) is 0 Å². The van der Waals surface area contributed by atoms with Crippen LogP contribution < -0.4 is 14.2 Å². The molecular formula is C18H29NO4S. The molecule has 0 heterocycles. The quantitative estimate of drug-likeness (QED) is 0.849. The third-order valence-corrected chi connectivity index (χ3v) is 6.48. The Labute approximate surface area is 145 Å². The maximum atomic E-state index is 12.8. The fraction of sp³-hybridized carbons (Fsp3) is 0.667. The lowest BCUT2D eigenvalue weighted by Crippen LogP contribution is -2.45. The van der Waals surface area contributed by atoms with Crippen molar-refractivity contribution in [3.05, 3.63) is 18.2 Å². The van der Waals surface area contributed by atoms with Crippen molar-refractivity contribution in [1.29, 1.82) is 0 Å². The first-order chi connectivity index (χ1) is 11.3. The number of hydrogen-bond donors (Lipinski definition) is 1. The number of methoxy groups -OCH3 is 2. The second-order valence-electron chi connectivity index (χ2n) is 7.07. The number of nitrogens with one attached hydrogen (secondary N) is 1. The summed E-state index contributed by atoms with van der Waals surface area (Å²) >= 11 is 0. The molecule has 0 spiro atoms. The molecule has 3 atom stereocenters. The summed E-state index contributed by atoms with van der Waals surface area (Å²) in [6.45, 7) is 6.52. The highest BCUT2D eigenvalue weighted by Crippen LogP contribution is 2.35. The van der Waals surface area contributed by atoms with Crippen LogP contribution in [0.4, 0.5) is 0 Å². The molecule has 24 heavy (non-hydrogen) atoms. The van der Waals surface area contributed by atoms with Crippen LogP contribution in [0, 0.1) is 17.8 Å². The molecule has 0 amide bonds. The van der Waals surface area contributed by atoms with Crippen LogP contribution >= 0.6 is 0 Å². The van der Waals surface area contributed by atoms with Crippen LogP contribution in [-0.4, -0.2) is 28.7 Å². The van der Waals surface area contributed by atoms with Gasteiger partial charge in [0.15, 0.2) is 11.5 Å². The highest BCUT2D eigenvalue weighted by Gasteiger charge is 2.34. The minimum atomic E-state index is -3.59. The topological polar surface area (TPSA) is 64.6 Å². The maximum Gasteiger partial charge on any atom is 0.240 e. The number of sulfonamides is 1. The molecule has 0 radical (unpaired) electrons. The Kier molecular flexibility index (Phi) is 6.15. The molecule has 0 unspecified atom stereocenters. The van der Waals surface area contributed by atoms with Crippen molar-refractivity contribution in [3.63, 3.8) is 0 Å². The van der Waals surface area contributed by atoms with E-state index in [-0.39, 0.29) is 10.9 Å². The highest BCUT2D eigenvalue weighted by atomic mass is 32.2. The number of benzene rings is 1. The molecule has 0 aliphatic heterocycles. The number of rotatable bonds is 6. The molecule has 1 aromatic carbocycles. The summed E-state index contributed by atoms with van der Waals surface area (Å²) in [5, 5.41) is 0. The minimum Gasteiger partial charge on any atom is -0.493 e. The van der Waals surface area contributed by atoms with E-state index in [1.807, 2.05) is 0 Å². The van der Waals surface area contributed by atoms with Crippen molar-refractivity contribution in [2.75, 3.05) is 14.2 Å². The monoisotopic (exact) mass is 355 g/mol. The van der Waals surface area contributed by atoms with E-state index in [2.05, 4.69) is 25.5 Å². The van der Waals surface area contributed by atoms with Crippen LogP contribution in [0.1, 0.15) is 40.0 Å². The normalized spacial score (nSPS) is 24.8. The van der Waals surface area contributed by atoms with Crippen LogP contribution in [0.25, 0.3) is 0 Å². The lowest BCUT2D eigenvalue weighted by atomic mass is 9.74. The first kappa shape index (κ1) is 19.1. The summed E-state index contributed by atoms with van der Waals surface area (Å²) in [7, 11) is -0.565. The average Bonchev–Trinajstić information content (AvgIpc) is 2.53. The molecule has 1 N–H and O–H groups in total. The predicted octanol–water partition coefficient (Wildman–Crippen LogP) is 3.44. The second kappa shape index (κ2) is 7.74. The predicted molar refractivity (Wildman–Crippen MR) is 95.0 cm³/mol. The third kappa shape index (κ3) is 4.22. The lowest BCUT2D eigenvalue weighted by molar-refractivity contribution is 0.188. The van der Waals surface area contributed by atoms with Gasteiger partial charge < -0.3 is 9.47 Å². The van der Waals surface area contributed by atoms with E-state index in [1.165, 1.54) is 20.3 Å². The van der Waals surface area contributed by atoms with Gasteiger partial charge in [-0.25, -0.2) is 13.1 Å². The lowest BCUT2D eigenvalue weighted by Gasteiger charge is -2.37. The van der Waals surface area contributed by atoms with E-state index in [9.17, 15) is 8.42 Å². The van der Waals surface area contributed by atoms with E-state index in [1.54, 1.807) is 12.1 Å². The zero-order chi connectivity index (χ0) is 17.9. The van der Waals surface area contributed by atoms with Crippen molar-refractivity contribution >= 4 is 10.0 Å². The molecule has 6 heteroatoms. The SMILES string of the molecule is COc1ccc(S(=O)(=O)N[C@@H]2C[C@@H](C)CC[C@@H]2C(C)C)cc1OC. The Bertz CT molecular complexity index is 657. The molecule has 2 rings (SSSR count). The molecule has 136 valence electrons. The van der Waals surface area contributed by atoms with Crippen molar-refractivity contribution in [2.24, 2.45) is 17.8 Å². The summed E-state index contributed by atoms with van der Waals surface area (Å²) in [4.78, 5) is 0.209. The van der Waals surface area contributed by atoms with E-state index in [0.29, 0.717) is 29.3 Å². The molecule has 1 fully saturated rings. The summed E-state index contributed by atoms with van der Waals surface area (Å²) < 4.78 is 39.0. The molecule has 1 aliphatic carbocycles. The van der Waals surface area contributed by atoms with E-state index in [4.69, 9.17) is 9.47 Å². The maximum absolute atomic E-state index is 12.8. The van der Waals surface area contributed by atoms with Gasteiger partial charge in [-0.05, 0) is 42.7 Å². The van der Waals surface area contributed by atoms with Crippen molar-refractivity contribution in [3.8, 4) is 11.5 Å². The summed E-state index contributed by atoms with van der Waals surface area (Å²) in [5.74, 6) is 2.30. The Morgan fingerprint density at radius 3 is 2.38 bits per heavy atom. The molecule has 5 nitrogen and oxygen atoms in total. The number of hydrogen-bond acceptors (Lipinski definition) is 4. The first-order valence-corrected chi connectivity index (χ1v) is 10.0. The van der Waals surface area contributed by atoms with Gasteiger partial charge in [-0.1, -0.05) is 27.2 Å². The van der Waals surface area contributed by atoms with Crippen LogP contribution in [0.2, 0.25) is 0 Å². The smallest absolute Gasteiger partial charge is 0.240 e.